The number of nitrogens with zero attached hydrogens (tertiary/aromatic N) is 2. The molecule has 3 heterocycles. The van der Waals surface area contributed by atoms with Crippen molar-refractivity contribution in [1.82, 2.24) is 14.3 Å². The van der Waals surface area contributed by atoms with Crippen LogP contribution in [-0.2, 0) is 14.8 Å². The van der Waals surface area contributed by atoms with Gasteiger partial charge < -0.3 is 9.72 Å². The highest BCUT2D eigenvalue weighted by Crippen LogP contribution is 2.39. The third kappa shape index (κ3) is 4.01. The maximum absolute atomic E-state index is 13.3. The molecular formula is C22H19Cl2N3O5S. The fourth-order valence-corrected chi connectivity index (χ4v) is 5.63. The van der Waals surface area contributed by atoms with Crippen molar-refractivity contribution in [3.63, 3.8) is 0 Å². The largest absolute Gasteiger partial charge is 0.439 e. The minimum atomic E-state index is -4.26. The number of H-pyrrole nitrogens is 1. The van der Waals surface area contributed by atoms with Crippen LogP contribution in [0.5, 0.6) is 0 Å². The van der Waals surface area contributed by atoms with E-state index in [9.17, 15) is 18.0 Å². The number of aromatic nitrogens is 2. The van der Waals surface area contributed by atoms with Crippen molar-refractivity contribution >= 4 is 45.1 Å². The van der Waals surface area contributed by atoms with Crippen molar-refractivity contribution in [2.75, 3.05) is 6.73 Å². The lowest BCUT2D eigenvalue weighted by Gasteiger charge is -2.15. The minimum absolute atomic E-state index is 0.0561. The van der Waals surface area contributed by atoms with Crippen LogP contribution in [0.25, 0.3) is 11.3 Å². The number of aryl methyl sites for hydroxylation is 1. The molecule has 33 heavy (non-hydrogen) atoms. The van der Waals surface area contributed by atoms with E-state index >= 15 is 0 Å². The van der Waals surface area contributed by atoms with Crippen LogP contribution in [0.3, 0.4) is 0 Å². The highest BCUT2D eigenvalue weighted by atomic mass is 35.5. The first-order chi connectivity index (χ1) is 15.5. The van der Waals surface area contributed by atoms with Crippen LogP contribution >= 0.6 is 23.2 Å². The van der Waals surface area contributed by atoms with Gasteiger partial charge in [-0.05, 0) is 48.2 Å². The predicted octanol–water partition coefficient (Wildman–Crippen LogP) is 4.77. The standard InChI is InChI=1S/C22H19Cl2N3O5S/c1-11(2)14-6-13(17-5-4-12(3)26-17)7-18-19(14)21(28)27(33(18,30)31)10-32-22(29)20-15(23)8-25-9-16(20)24/h4-9,11,26H,10H2,1-3H3. The van der Waals surface area contributed by atoms with Gasteiger partial charge in [-0.25, -0.2) is 13.2 Å². The number of ether oxygens (including phenoxy) is 1. The number of hydrogen-bond donors (Lipinski definition) is 1. The Morgan fingerprint density at radius 3 is 2.42 bits per heavy atom. The van der Waals surface area contributed by atoms with Crippen molar-refractivity contribution in [2.45, 2.75) is 31.6 Å². The van der Waals surface area contributed by atoms with Gasteiger partial charge in [0.1, 0.15) is 10.5 Å². The van der Waals surface area contributed by atoms with Crippen LogP contribution in [0, 0.1) is 6.92 Å². The molecule has 1 aliphatic heterocycles. The molecule has 0 bridgehead atoms. The fourth-order valence-electron chi connectivity index (χ4n) is 3.63. The number of carbonyl (C=O) groups is 2. The van der Waals surface area contributed by atoms with Gasteiger partial charge in [0, 0.05) is 23.8 Å². The predicted molar refractivity (Wildman–Crippen MR) is 123 cm³/mol. The molecule has 0 saturated heterocycles. The molecule has 0 unspecified atom stereocenters. The minimum Gasteiger partial charge on any atom is -0.439 e. The summed E-state index contributed by atoms with van der Waals surface area (Å²) < 4.78 is 32.2. The molecule has 172 valence electrons. The topological polar surface area (TPSA) is 109 Å². The summed E-state index contributed by atoms with van der Waals surface area (Å²) >= 11 is 11.9. The number of hydrogen-bond acceptors (Lipinski definition) is 6. The molecule has 0 radical (unpaired) electrons. The number of fused-ring (bicyclic) bond motifs is 1. The molecule has 11 heteroatoms. The van der Waals surface area contributed by atoms with E-state index < -0.39 is 28.6 Å². The molecule has 3 aromatic rings. The SMILES string of the molecule is Cc1ccc(-c2cc(C(C)C)c3c(c2)S(=O)(=O)N(COC(=O)c2c(Cl)cncc2Cl)C3=O)[nH]1. The Hall–Kier alpha value is -2.88. The number of carbonyl (C=O) groups excluding carboxylic acids is 2. The van der Waals surface area contributed by atoms with Crippen molar-refractivity contribution in [1.29, 1.82) is 0 Å². The molecule has 4 rings (SSSR count). The Morgan fingerprint density at radius 2 is 1.85 bits per heavy atom. The molecule has 0 atom stereocenters. The molecule has 1 aliphatic rings. The van der Waals surface area contributed by atoms with Crippen LogP contribution in [0.4, 0.5) is 0 Å². The van der Waals surface area contributed by atoms with Crippen LogP contribution < -0.4 is 0 Å². The molecule has 2 aromatic heterocycles. The molecule has 0 spiro atoms. The van der Waals surface area contributed by atoms with E-state index in [1.165, 1.54) is 18.5 Å². The van der Waals surface area contributed by atoms with E-state index in [1.807, 2.05) is 32.9 Å². The molecule has 0 saturated carbocycles. The monoisotopic (exact) mass is 507 g/mol. The Bertz CT molecular complexity index is 1380. The van der Waals surface area contributed by atoms with Gasteiger partial charge in [-0.1, -0.05) is 37.0 Å². The van der Waals surface area contributed by atoms with E-state index in [0.29, 0.717) is 15.4 Å². The van der Waals surface area contributed by atoms with E-state index in [1.54, 1.807) is 6.07 Å². The Labute approximate surface area is 200 Å². The van der Waals surface area contributed by atoms with E-state index in [-0.39, 0.29) is 32.0 Å². The summed E-state index contributed by atoms with van der Waals surface area (Å²) in [6.07, 6.45) is 2.41. The van der Waals surface area contributed by atoms with Gasteiger partial charge in [0.15, 0.2) is 6.73 Å². The average Bonchev–Trinajstić information content (AvgIpc) is 3.25. The van der Waals surface area contributed by atoms with Gasteiger partial charge in [-0.3, -0.25) is 9.78 Å². The second-order valence-corrected chi connectivity index (χ2v) is 10.5. The quantitative estimate of drug-likeness (QED) is 0.497. The van der Waals surface area contributed by atoms with Gasteiger partial charge in [0.25, 0.3) is 15.9 Å². The zero-order valence-electron chi connectivity index (χ0n) is 17.8. The maximum atomic E-state index is 13.3. The molecule has 1 amide bonds. The molecule has 1 aromatic carbocycles. The second-order valence-electron chi connectivity index (χ2n) is 7.85. The smallest absolute Gasteiger partial charge is 0.343 e. The number of aromatic amines is 1. The third-order valence-corrected chi connectivity index (χ3v) is 7.58. The van der Waals surface area contributed by atoms with Gasteiger partial charge in [0.2, 0.25) is 0 Å². The van der Waals surface area contributed by atoms with Gasteiger partial charge in [-0.15, -0.1) is 0 Å². The summed E-state index contributed by atoms with van der Waals surface area (Å²) in [6, 6.07) is 6.97. The van der Waals surface area contributed by atoms with Gasteiger partial charge >= 0.3 is 5.97 Å². The third-order valence-electron chi connectivity index (χ3n) is 5.28. The molecule has 0 fully saturated rings. The Kier molecular flexibility index (Phi) is 5.98. The number of rotatable bonds is 5. The maximum Gasteiger partial charge on any atom is 0.343 e. The Balaban J connectivity index is 1.71. The van der Waals surface area contributed by atoms with Gasteiger partial charge in [-0.2, -0.15) is 4.31 Å². The lowest BCUT2D eigenvalue weighted by Crippen LogP contribution is -2.33. The normalized spacial score (nSPS) is 14.6. The van der Waals surface area contributed by atoms with Crippen LogP contribution in [0.1, 0.15) is 51.7 Å². The van der Waals surface area contributed by atoms with Crippen molar-refractivity contribution in [3.8, 4) is 11.3 Å². The number of amides is 1. The summed E-state index contributed by atoms with van der Waals surface area (Å²) in [5, 5.41) is -0.112. The molecular weight excluding hydrogens is 489 g/mol. The molecule has 0 aliphatic carbocycles. The fraction of sp³-hybridized carbons (Fsp3) is 0.227. The van der Waals surface area contributed by atoms with E-state index in [0.717, 1.165) is 11.4 Å². The van der Waals surface area contributed by atoms with E-state index in [4.69, 9.17) is 27.9 Å². The highest BCUT2D eigenvalue weighted by Gasteiger charge is 2.44. The van der Waals surface area contributed by atoms with Crippen molar-refractivity contribution in [2.24, 2.45) is 0 Å². The van der Waals surface area contributed by atoms with E-state index in [2.05, 4.69) is 9.97 Å². The summed E-state index contributed by atoms with van der Waals surface area (Å²) in [4.78, 5) is 32.5. The molecule has 8 nitrogen and oxygen atoms in total. The van der Waals surface area contributed by atoms with Crippen LogP contribution in [-0.4, -0.2) is 41.3 Å². The zero-order chi connectivity index (χ0) is 24.1. The van der Waals surface area contributed by atoms with Crippen LogP contribution in [0.2, 0.25) is 10.0 Å². The first-order valence-corrected chi connectivity index (χ1v) is 12.1. The van der Waals surface area contributed by atoms with Gasteiger partial charge in [0.05, 0.1) is 15.6 Å². The number of benzene rings is 1. The lowest BCUT2D eigenvalue weighted by molar-refractivity contribution is 0.0358. The summed E-state index contributed by atoms with van der Waals surface area (Å²) in [5.74, 6) is -1.87. The summed E-state index contributed by atoms with van der Waals surface area (Å²) in [6.45, 7) is 4.81. The van der Waals surface area contributed by atoms with Crippen LogP contribution in [0.15, 0.2) is 41.6 Å². The lowest BCUT2D eigenvalue weighted by atomic mass is 9.93. The summed E-state index contributed by atoms with van der Waals surface area (Å²) in [5.41, 5.74) is 2.77. The number of sulfonamides is 1. The number of halogens is 2. The van der Waals surface area contributed by atoms with Crippen molar-refractivity contribution in [3.05, 3.63) is 69.1 Å². The number of esters is 1. The molecule has 1 N–H and O–H groups in total. The first kappa shape index (κ1) is 23.3. The first-order valence-electron chi connectivity index (χ1n) is 9.89. The zero-order valence-corrected chi connectivity index (χ0v) is 20.2. The second kappa shape index (κ2) is 8.48. The number of nitrogens with one attached hydrogen (secondary N) is 1. The van der Waals surface area contributed by atoms with Crippen molar-refractivity contribution < 1.29 is 22.7 Å². The highest BCUT2D eigenvalue weighted by molar-refractivity contribution is 7.90. The number of pyridine rings is 1. The summed E-state index contributed by atoms with van der Waals surface area (Å²) in [7, 11) is -4.26. The Morgan fingerprint density at radius 1 is 1.18 bits per heavy atom. The average molecular weight is 508 g/mol.